The lowest BCUT2D eigenvalue weighted by atomic mass is 9.71. The third-order valence-corrected chi connectivity index (χ3v) is 5.62. The Morgan fingerprint density at radius 3 is 2.28 bits per heavy atom. The summed E-state index contributed by atoms with van der Waals surface area (Å²) >= 11 is 0. The lowest BCUT2D eigenvalue weighted by Crippen LogP contribution is -2.37. The molecule has 2 atom stereocenters. The van der Waals surface area contributed by atoms with Gasteiger partial charge in [-0.15, -0.1) is 0 Å². The van der Waals surface area contributed by atoms with E-state index in [1.165, 1.54) is 0 Å². The van der Waals surface area contributed by atoms with E-state index in [0.29, 0.717) is 24.5 Å². The summed E-state index contributed by atoms with van der Waals surface area (Å²) in [5.74, 6) is 1.29. The van der Waals surface area contributed by atoms with Crippen LogP contribution in [-0.2, 0) is 4.79 Å². The molecule has 2 aromatic carbocycles. The Morgan fingerprint density at radius 1 is 1.10 bits per heavy atom. The number of nitrogens with zero attached hydrogens (tertiary/aromatic N) is 1. The fourth-order valence-electron chi connectivity index (χ4n) is 3.88. The van der Waals surface area contributed by atoms with Gasteiger partial charge in [-0.2, -0.15) is 5.26 Å². The molecule has 0 N–H and O–H groups in total. The molecule has 1 fully saturated rings. The maximum Gasteiger partial charge on any atom is 0.331 e. The van der Waals surface area contributed by atoms with Crippen molar-refractivity contribution in [2.75, 3.05) is 6.61 Å². The number of ether oxygens (including phenoxy) is 2. The van der Waals surface area contributed by atoms with Gasteiger partial charge >= 0.3 is 5.97 Å². The van der Waals surface area contributed by atoms with Gasteiger partial charge in [0.25, 0.3) is 0 Å². The topological polar surface area (TPSA) is 59.3 Å². The molecule has 4 heteroatoms. The first-order valence-electron chi connectivity index (χ1n) is 10.5. The zero-order valence-electron chi connectivity index (χ0n) is 17.3. The van der Waals surface area contributed by atoms with Crippen molar-refractivity contribution in [1.29, 1.82) is 5.26 Å². The van der Waals surface area contributed by atoms with Crippen LogP contribution in [0.4, 0.5) is 0 Å². The number of rotatable bonds is 7. The molecule has 1 saturated carbocycles. The summed E-state index contributed by atoms with van der Waals surface area (Å²) < 4.78 is 11.3. The van der Waals surface area contributed by atoms with Crippen LogP contribution in [0.5, 0.6) is 11.5 Å². The SMILES string of the molecule is CCCCOc1ccc(-c2ccc(OC(=O)C3(C#N)CCCC(C)C3)cc2)cc1. The predicted octanol–water partition coefficient (Wildman–Crippen LogP) is 6.16. The summed E-state index contributed by atoms with van der Waals surface area (Å²) in [6.45, 7) is 4.97. The molecule has 29 heavy (non-hydrogen) atoms. The minimum atomic E-state index is -1.01. The van der Waals surface area contributed by atoms with Crippen molar-refractivity contribution in [3.8, 4) is 28.7 Å². The highest BCUT2D eigenvalue weighted by molar-refractivity contribution is 5.82. The molecule has 0 aromatic heterocycles. The third kappa shape index (κ3) is 5.17. The Hall–Kier alpha value is -2.80. The van der Waals surface area contributed by atoms with Gasteiger partial charge in [0.05, 0.1) is 12.7 Å². The van der Waals surface area contributed by atoms with E-state index in [0.717, 1.165) is 49.2 Å². The molecule has 1 aliphatic rings. The van der Waals surface area contributed by atoms with Crippen LogP contribution in [0.2, 0.25) is 0 Å². The standard InChI is InChI=1S/C25H29NO3/c1-3-4-16-28-22-11-7-20(8-12-22)21-9-13-23(14-10-21)29-24(27)25(18-26)15-5-6-19(2)17-25/h7-14,19H,3-6,15-17H2,1-2H3. The van der Waals surface area contributed by atoms with Gasteiger partial charge < -0.3 is 9.47 Å². The normalized spacial score (nSPS) is 21.2. The summed E-state index contributed by atoms with van der Waals surface area (Å²) in [5.41, 5.74) is 1.09. The van der Waals surface area contributed by atoms with E-state index in [2.05, 4.69) is 19.9 Å². The van der Waals surface area contributed by atoms with Gasteiger partial charge in [0.15, 0.2) is 5.41 Å². The molecule has 0 radical (unpaired) electrons. The number of hydrogen-bond acceptors (Lipinski definition) is 4. The van der Waals surface area contributed by atoms with E-state index in [-0.39, 0.29) is 0 Å². The molecule has 0 aliphatic heterocycles. The van der Waals surface area contributed by atoms with Gasteiger partial charge in [0.2, 0.25) is 0 Å². The monoisotopic (exact) mass is 391 g/mol. The average molecular weight is 392 g/mol. The second-order valence-electron chi connectivity index (χ2n) is 8.04. The fourth-order valence-corrected chi connectivity index (χ4v) is 3.88. The van der Waals surface area contributed by atoms with Crippen LogP contribution >= 0.6 is 0 Å². The first-order chi connectivity index (χ1) is 14.1. The Kier molecular flexibility index (Phi) is 6.93. The first-order valence-corrected chi connectivity index (χ1v) is 10.5. The maximum absolute atomic E-state index is 12.7. The van der Waals surface area contributed by atoms with Crippen LogP contribution in [0.25, 0.3) is 11.1 Å². The van der Waals surface area contributed by atoms with E-state index in [1.807, 2.05) is 36.4 Å². The average Bonchev–Trinajstić information content (AvgIpc) is 2.75. The van der Waals surface area contributed by atoms with Crippen molar-refractivity contribution in [1.82, 2.24) is 0 Å². The van der Waals surface area contributed by atoms with Crippen molar-refractivity contribution in [2.45, 2.75) is 52.4 Å². The number of esters is 1. The zero-order chi connectivity index (χ0) is 20.7. The molecule has 0 heterocycles. The van der Waals surface area contributed by atoms with Crippen LogP contribution in [0.3, 0.4) is 0 Å². The lowest BCUT2D eigenvalue weighted by molar-refractivity contribution is -0.144. The summed E-state index contributed by atoms with van der Waals surface area (Å²) in [5, 5.41) is 9.63. The second-order valence-corrected chi connectivity index (χ2v) is 8.04. The van der Waals surface area contributed by atoms with E-state index in [9.17, 15) is 10.1 Å². The molecule has 4 nitrogen and oxygen atoms in total. The van der Waals surface area contributed by atoms with Crippen LogP contribution in [0, 0.1) is 22.7 Å². The molecule has 0 bridgehead atoms. The predicted molar refractivity (Wildman–Crippen MR) is 114 cm³/mol. The molecule has 2 aromatic rings. The number of unbranched alkanes of at least 4 members (excludes halogenated alkanes) is 1. The highest BCUT2D eigenvalue weighted by atomic mass is 16.5. The molecular weight excluding hydrogens is 362 g/mol. The van der Waals surface area contributed by atoms with Gasteiger partial charge in [-0.1, -0.05) is 57.4 Å². The quantitative estimate of drug-likeness (QED) is 0.322. The van der Waals surface area contributed by atoms with Crippen LogP contribution in [-0.4, -0.2) is 12.6 Å². The molecule has 152 valence electrons. The summed E-state index contributed by atoms with van der Waals surface area (Å²) in [6.07, 6.45) is 5.27. The molecule has 0 spiro atoms. The minimum Gasteiger partial charge on any atom is -0.494 e. The molecule has 0 saturated heterocycles. The molecule has 3 rings (SSSR count). The van der Waals surface area contributed by atoms with Crippen molar-refractivity contribution in [2.24, 2.45) is 11.3 Å². The largest absolute Gasteiger partial charge is 0.494 e. The summed E-state index contributed by atoms with van der Waals surface area (Å²) in [6, 6.07) is 17.7. The van der Waals surface area contributed by atoms with Gasteiger partial charge in [0, 0.05) is 0 Å². The van der Waals surface area contributed by atoms with Gasteiger partial charge in [-0.3, -0.25) is 0 Å². The number of nitriles is 1. The molecule has 2 unspecified atom stereocenters. The van der Waals surface area contributed by atoms with Gasteiger partial charge in [-0.25, -0.2) is 4.79 Å². The molecule has 0 amide bonds. The van der Waals surface area contributed by atoms with Crippen LogP contribution in [0.1, 0.15) is 52.4 Å². The van der Waals surface area contributed by atoms with Crippen molar-refractivity contribution < 1.29 is 14.3 Å². The van der Waals surface area contributed by atoms with Gasteiger partial charge in [-0.05, 0) is 60.6 Å². The van der Waals surface area contributed by atoms with Crippen molar-refractivity contribution in [3.05, 3.63) is 48.5 Å². The Labute approximate surface area is 173 Å². The second kappa shape index (κ2) is 9.60. The van der Waals surface area contributed by atoms with Crippen LogP contribution in [0.15, 0.2) is 48.5 Å². The lowest BCUT2D eigenvalue weighted by Gasteiger charge is -2.31. The van der Waals surface area contributed by atoms with E-state index < -0.39 is 11.4 Å². The molecule has 1 aliphatic carbocycles. The van der Waals surface area contributed by atoms with Crippen LogP contribution < -0.4 is 9.47 Å². The van der Waals surface area contributed by atoms with E-state index in [1.54, 1.807) is 12.1 Å². The number of carbonyl (C=O) groups is 1. The van der Waals surface area contributed by atoms with E-state index >= 15 is 0 Å². The minimum absolute atomic E-state index is 0.368. The number of hydrogen-bond donors (Lipinski definition) is 0. The zero-order valence-corrected chi connectivity index (χ0v) is 17.3. The Morgan fingerprint density at radius 2 is 1.72 bits per heavy atom. The van der Waals surface area contributed by atoms with E-state index in [4.69, 9.17) is 9.47 Å². The van der Waals surface area contributed by atoms with Crippen molar-refractivity contribution in [3.63, 3.8) is 0 Å². The fraction of sp³-hybridized carbons (Fsp3) is 0.440. The number of carbonyl (C=O) groups excluding carboxylic acids is 1. The maximum atomic E-state index is 12.7. The Balaban J connectivity index is 1.64. The molecular formula is C25H29NO3. The first kappa shape index (κ1) is 20.9. The van der Waals surface area contributed by atoms with Crippen molar-refractivity contribution >= 4 is 5.97 Å². The highest BCUT2D eigenvalue weighted by Gasteiger charge is 2.43. The Bertz CT molecular complexity index is 851. The highest BCUT2D eigenvalue weighted by Crippen LogP contribution is 2.40. The summed E-state index contributed by atoms with van der Waals surface area (Å²) in [7, 11) is 0. The number of benzene rings is 2. The third-order valence-electron chi connectivity index (χ3n) is 5.62. The summed E-state index contributed by atoms with van der Waals surface area (Å²) in [4.78, 5) is 12.7. The smallest absolute Gasteiger partial charge is 0.331 e. The van der Waals surface area contributed by atoms with Gasteiger partial charge in [0.1, 0.15) is 11.5 Å².